The maximum atomic E-state index is 11.4. The van der Waals surface area contributed by atoms with Gasteiger partial charge in [0.05, 0.1) is 25.5 Å². The minimum Gasteiger partial charge on any atom is -0.493 e. The van der Waals surface area contributed by atoms with Gasteiger partial charge in [0.25, 0.3) is 0 Å². The molecule has 0 bridgehead atoms. The van der Waals surface area contributed by atoms with E-state index in [1.165, 1.54) is 12.7 Å². The third kappa shape index (κ3) is 7.07. The molecule has 1 aromatic heterocycles. The predicted octanol–water partition coefficient (Wildman–Crippen LogP) is 5.96. The first-order valence-corrected chi connectivity index (χ1v) is 11.5. The minimum absolute atomic E-state index is 0.0136. The standard InChI is InChI=1S/C28H33NO4/c1-5-22-9-13-27(25(19-22)26-8-6-7-16-29-26)33-21(3)15-17-32-24-12-10-23(20(2)18-24)11-14-28(30)31-4/h6-10,12-13,16,18-19,21H,5,11,14-15,17H2,1-4H3. The summed E-state index contributed by atoms with van der Waals surface area (Å²) in [5.41, 5.74) is 5.41. The molecule has 1 unspecified atom stereocenters. The number of aromatic nitrogens is 1. The Morgan fingerprint density at radius 2 is 1.94 bits per heavy atom. The van der Waals surface area contributed by atoms with Gasteiger partial charge in [-0.2, -0.15) is 0 Å². The van der Waals surface area contributed by atoms with Gasteiger partial charge in [0, 0.05) is 24.6 Å². The van der Waals surface area contributed by atoms with E-state index in [2.05, 4.69) is 31.0 Å². The van der Waals surface area contributed by atoms with E-state index in [0.29, 0.717) is 19.4 Å². The molecule has 2 aromatic carbocycles. The molecular formula is C28H33NO4. The number of nitrogens with zero attached hydrogens (tertiary/aromatic N) is 1. The molecule has 0 aliphatic carbocycles. The number of methoxy groups -OCH3 is 1. The van der Waals surface area contributed by atoms with Gasteiger partial charge in [-0.3, -0.25) is 9.78 Å². The summed E-state index contributed by atoms with van der Waals surface area (Å²) in [5, 5.41) is 0. The maximum Gasteiger partial charge on any atom is 0.305 e. The van der Waals surface area contributed by atoms with E-state index in [1.54, 1.807) is 6.20 Å². The second-order valence-electron chi connectivity index (χ2n) is 8.13. The summed E-state index contributed by atoms with van der Waals surface area (Å²) < 4.78 is 17.0. The monoisotopic (exact) mass is 447 g/mol. The first-order chi connectivity index (χ1) is 16.0. The second-order valence-corrected chi connectivity index (χ2v) is 8.13. The fourth-order valence-corrected chi connectivity index (χ4v) is 3.62. The van der Waals surface area contributed by atoms with Gasteiger partial charge in [-0.15, -0.1) is 0 Å². The van der Waals surface area contributed by atoms with Crippen molar-refractivity contribution in [1.29, 1.82) is 0 Å². The highest BCUT2D eigenvalue weighted by atomic mass is 16.5. The number of aryl methyl sites for hydroxylation is 3. The van der Waals surface area contributed by atoms with Gasteiger partial charge in [-0.1, -0.05) is 25.1 Å². The number of carbonyl (C=O) groups is 1. The normalized spacial score (nSPS) is 11.6. The Bertz CT molecular complexity index is 1050. The van der Waals surface area contributed by atoms with Crippen molar-refractivity contribution in [2.75, 3.05) is 13.7 Å². The van der Waals surface area contributed by atoms with Crippen LogP contribution in [0.1, 0.15) is 43.4 Å². The van der Waals surface area contributed by atoms with E-state index in [-0.39, 0.29) is 12.1 Å². The first-order valence-electron chi connectivity index (χ1n) is 11.5. The van der Waals surface area contributed by atoms with Crippen LogP contribution in [-0.4, -0.2) is 30.8 Å². The molecule has 33 heavy (non-hydrogen) atoms. The first kappa shape index (κ1) is 24.3. The number of hydrogen-bond donors (Lipinski definition) is 0. The van der Waals surface area contributed by atoms with Gasteiger partial charge < -0.3 is 14.2 Å². The summed E-state index contributed by atoms with van der Waals surface area (Å²) in [4.78, 5) is 15.9. The number of benzene rings is 2. The maximum absolute atomic E-state index is 11.4. The van der Waals surface area contributed by atoms with Crippen LogP contribution in [0, 0.1) is 6.92 Å². The number of ether oxygens (including phenoxy) is 3. The summed E-state index contributed by atoms with van der Waals surface area (Å²) in [5.74, 6) is 1.46. The third-order valence-electron chi connectivity index (χ3n) is 5.65. The Morgan fingerprint density at radius 3 is 2.64 bits per heavy atom. The SMILES string of the molecule is CCc1ccc(OC(C)CCOc2ccc(CCC(=O)OC)c(C)c2)c(-c2ccccn2)c1. The molecule has 0 aliphatic rings. The molecule has 0 fully saturated rings. The predicted molar refractivity (Wildman–Crippen MR) is 131 cm³/mol. The summed E-state index contributed by atoms with van der Waals surface area (Å²) in [6.07, 6.45) is 4.55. The van der Waals surface area contributed by atoms with Crippen molar-refractivity contribution in [3.05, 3.63) is 77.5 Å². The molecule has 1 heterocycles. The lowest BCUT2D eigenvalue weighted by Gasteiger charge is -2.18. The molecule has 0 N–H and O–H groups in total. The molecule has 5 nitrogen and oxygen atoms in total. The van der Waals surface area contributed by atoms with Crippen molar-refractivity contribution in [3.8, 4) is 22.8 Å². The van der Waals surface area contributed by atoms with E-state index in [1.807, 2.05) is 49.4 Å². The van der Waals surface area contributed by atoms with Gasteiger partial charge in [0.2, 0.25) is 0 Å². The lowest BCUT2D eigenvalue weighted by molar-refractivity contribution is -0.140. The molecular weight excluding hydrogens is 414 g/mol. The average molecular weight is 448 g/mol. The van der Waals surface area contributed by atoms with E-state index in [9.17, 15) is 4.79 Å². The Hall–Kier alpha value is -3.34. The summed E-state index contributed by atoms with van der Waals surface area (Å²) >= 11 is 0. The zero-order chi connectivity index (χ0) is 23.6. The lowest BCUT2D eigenvalue weighted by atomic mass is 10.0. The van der Waals surface area contributed by atoms with Gasteiger partial charge in [0.1, 0.15) is 11.5 Å². The highest BCUT2D eigenvalue weighted by Gasteiger charge is 2.13. The van der Waals surface area contributed by atoms with Crippen molar-refractivity contribution in [3.63, 3.8) is 0 Å². The quantitative estimate of drug-likeness (QED) is 0.339. The van der Waals surface area contributed by atoms with Crippen LogP contribution in [-0.2, 0) is 22.4 Å². The highest BCUT2D eigenvalue weighted by molar-refractivity contribution is 5.69. The molecule has 0 amide bonds. The van der Waals surface area contributed by atoms with Crippen LogP contribution in [0.15, 0.2) is 60.8 Å². The zero-order valence-electron chi connectivity index (χ0n) is 20.0. The number of hydrogen-bond acceptors (Lipinski definition) is 5. The highest BCUT2D eigenvalue weighted by Crippen LogP contribution is 2.31. The number of carbonyl (C=O) groups excluding carboxylic acids is 1. The molecule has 0 saturated carbocycles. The van der Waals surface area contributed by atoms with Crippen LogP contribution in [0.2, 0.25) is 0 Å². The lowest BCUT2D eigenvalue weighted by Crippen LogP contribution is -2.16. The molecule has 0 saturated heterocycles. The van der Waals surface area contributed by atoms with E-state index in [0.717, 1.165) is 46.7 Å². The summed E-state index contributed by atoms with van der Waals surface area (Å²) in [6, 6.07) is 18.2. The molecule has 0 radical (unpaired) electrons. The Morgan fingerprint density at radius 1 is 1.09 bits per heavy atom. The molecule has 3 rings (SSSR count). The molecule has 1 atom stereocenters. The van der Waals surface area contributed by atoms with E-state index in [4.69, 9.17) is 14.2 Å². The second kappa shape index (κ2) is 12.0. The number of rotatable bonds is 11. The van der Waals surface area contributed by atoms with Gasteiger partial charge >= 0.3 is 5.97 Å². The molecule has 5 heteroatoms. The number of pyridine rings is 1. The van der Waals surface area contributed by atoms with E-state index >= 15 is 0 Å². The van der Waals surface area contributed by atoms with E-state index < -0.39 is 0 Å². The topological polar surface area (TPSA) is 57.7 Å². The van der Waals surface area contributed by atoms with Crippen molar-refractivity contribution in [2.45, 2.75) is 52.6 Å². The van der Waals surface area contributed by atoms with Crippen LogP contribution < -0.4 is 9.47 Å². The van der Waals surface area contributed by atoms with Crippen LogP contribution in [0.25, 0.3) is 11.3 Å². The van der Waals surface area contributed by atoms with Crippen LogP contribution in [0.3, 0.4) is 0 Å². The van der Waals surface area contributed by atoms with Gasteiger partial charge in [-0.05, 0) is 79.8 Å². The van der Waals surface area contributed by atoms with Crippen molar-refractivity contribution < 1.29 is 19.0 Å². The fourth-order valence-electron chi connectivity index (χ4n) is 3.62. The molecule has 0 aliphatic heterocycles. The summed E-state index contributed by atoms with van der Waals surface area (Å²) in [6.45, 7) is 6.78. The molecule has 3 aromatic rings. The summed E-state index contributed by atoms with van der Waals surface area (Å²) in [7, 11) is 1.41. The van der Waals surface area contributed by atoms with Crippen LogP contribution in [0.5, 0.6) is 11.5 Å². The molecule has 174 valence electrons. The number of esters is 1. The average Bonchev–Trinajstić information content (AvgIpc) is 2.84. The van der Waals surface area contributed by atoms with Crippen LogP contribution >= 0.6 is 0 Å². The zero-order valence-corrected chi connectivity index (χ0v) is 20.0. The van der Waals surface area contributed by atoms with Crippen molar-refractivity contribution in [2.24, 2.45) is 0 Å². The van der Waals surface area contributed by atoms with Gasteiger partial charge in [-0.25, -0.2) is 0 Å². The van der Waals surface area contributed by atoms with Crippen LogP contribution in [0.4, 0.5) is 0 Å². The fraction of sp³-hybridized carbons (Fsp3) is 0.357. The third-order valence-corrected chi connectivity index (χ3v) is 5.65. The van der Waals surface area contributed by atoms with Gasteiger partial charge in [0.15, 0.2) is 0 Å². The minimum atomic E-state index is -0.195. The van der Waals surface area contributed by atoms with Crippen molar-refractivity contribution >= 4 is 5.97 Å². The largest absolute Gasteiger partial charge is 0.493 e. The Labute approximate surface area is 196 Å². The Kier molecular flexibility index (Phi) is 8.87. The smallest absolute Gasteiger partial charge is 0.305 e. The molecule has 0 spiro atoms. The van der Waals surface area contributed by atoms with Crippen molar-refractivity contribution in [1.82, 2.24) is 4.98 Å². The Balaban J connectivity index is 1.56.